The van der Waals surface area contributed by atoms with E-state index in [4.69, 9.17) is 16.3 Å². The number of carbonyl (C=O) groups is 2. The van der Waals surface area contributed by atoms with Crippen molar-refractivity contribution in [3.63, 3.8) is 0 Å². The average Bonchev–Trinajstić information content (AvgIpc) is 2.67. The first-order valence-electron chi connectivity index (χ1n) is 8.01. The Morgan fingerprint density at radius 3 is 2.50 bits per heavy atom. The molecule has 0 spiro atoms. The van der Waals surface area contributed by atoms with Gasteiger partial charge in [-0.25, -0.2) is 5.43 Å². The lowest BCUT2D eigenvalue weighted by atomic mass is 10.2. The van der Waals surface area contributed by atoms with Gasteiger partial charge in [0.05, 0.1) is 18.5 Å². The minimum atomic E-state index is -0.639. The van der Waals surface area contributed by atoms with Gasteiger partial charge in [-0.05, 0) is 43.3 Å². The summed E-state index contributed by atoms with van der Waals surface area (Å²) >= 11 is 5.73. The maximum absolute atomic E-state index is 12.1. The van der Waals surface area contributed by atoms with E-state index in [-0.39, 0.29) is 22.8 Å². The van der Waals surface area contributed by atoms with Crippen molar-refractivity contribution >= 4 is 40.5 Å². The molecule has 2 aromatic carbocycles. The van der Waals surface area contributed by atoms with Gasteiger partial charge in [0.1, 0.15) is 10.8 Å². The van der Waals surface area contributed by atoms with Crippen LogP contribution in [0.25, 0.3) is 0 Å². The minimum absolute atomic E-state index is 0.0259. The molecule has 2 rings (SSSR count). The van der Waals surface area contributed by atoms with Gasteiger partial charge in [-0.15, -0.1) is 0 Å². The van der Waals surface area contributed by atoms with Crippen LogP contribution in [0.15, 0.2) is 47.6 Å². The highest BCUT2D eigenvalue weighted by atomic mass is 35.5. The highest BCUT2D eigenvalue weighted by Gasteiger charge is 2.14. The van der Waals surface area contributed by atoms with Crippen molar-refractivity contribution < 1.29 is 19.2 Å². The van der Waals surface area contributed by atoms with Crippen LogP contribution in [-0.2, 0) is 4.79 Å². The summed E-state index contributed by atoms with van der Waals surface area (Å²) in [5.74, 6) is -0.261. The molecule has 0 aliphatic heterocycles. The van der Waals surface area contributed by atoms with E-state index in [1.54, 1.807) is 31.2 Å². The van der Waals surface area contributed by atoms with Crippen LogP contribution in [0.4, 0.5) is 11.4 Å². The molecule has 0 heterocycles. The second-order valence-corrected chi connectivity index (χ2v) is 6.07. The summed E-state index contributed by atoms with van der Waals surface area (Å²) < 4.78 is 5.02. The zero-order chi connectivity index (χ0) is 20.7. The Morgan fingerprint density at radius 2 is 1.89 bits per heavy atom. The van der Waals surface area contributed by atoms with Crippen molar-refractivity contribution in [1.29, 1.82) is 0 Å². The zero-order valence-electron chi connectivity index (χ0n) is 15.1. The Balaban J connectivity index is 1.93. The maximum Gasteiger partial charge on any atom is 0.289 e. The van der Waals surface area contributed by atoms with Crippen molar-refractivity contribution in [2.75, 3.05) is 12.4 Å². The highest BCUT2D eigenvalue weighted by molar-refractivity contribution is 6.32. The van der Waals surface area contributed by atoms with Gasteiger partial charge in [0.2, 0.25) is 5.91 Å². The van der Waals surface area contributed by atoms with Crippen LogP contribution in [0.2, 0.25) is 5.02 Å². The molecule has 0 aliphatic rings. The molecule has 0 aromatic heterocycles. The number of nitrogens with zero attached hydrogens (tertiary/aromatic N) is 2. The first-order chi connectivity index (χ1) is 13.3. The van der Waals surface area contributed by atoms with E-state index in [1.165, 1.54) is 19.2 Å². The lowest BCUT2D eigenvalue weighted by Gasteiger charge is -2.06. The number of ether oxygens (including phenoxy) is 1. The van der Waals surface area contributed by atoms with Gasteiger partial charge in [0.15, 0.2) is 0 Å². The number of amides is 2. The number of benzene rings is 2. The van der Waals surface area contributed by atoms with E-state index in [1.807, 2.05) is 0 Å². The molecule has 2 amide bonds. The van der Waals surface area contributed by atoms with Crippen molar-refractivity contribution in [1.82, 2.24) is 5.43 Å². The summed E-state index contributed by atoms with van der Waals surface area (Å²) in [6.07, 6.45) is -0.112. The molecule has 2 N–H and O–H groups in total. The molecule has 0 fully saturated rings. The zero-order valence-corrected chi connectivity index (χ0v) is 15.8. The van der Waals surface area contributed by atoms with E-state index >= 15 is 0 Å². The molecular formula is C18H17ClN4O5. The number of hydrogen-bond donors (Lipinski definition) is 2. The molecule has 0 saturated heterocycles. The molecule has 0 bridgehead atoms. The molecule has 0 radical (unpaired) electrons. The Hall–Kier alpha value is -3.46. The first-order valence-corrected chi connectivity index (χ1v) is 8.39. The van der Waals surface area contributed by atoms with Crippen LogP contribution in [-0.4, -0.2) is 29.6 Å². The van der Waals surface area contributed by atoms with Crippen LogP contribution >= 0.6 is 11.6 Å². The van der Waals surface area contributed by atoms with Crippen LogP contribution in [0, 0.1) is 10.1 Å². The molecule has 146 valence electrons. The van der Waals surface area contributed by atoms with Crippen molar-refractivity contribution in [2.24, 2.45) is 5.10 Å². The summed E-state index contributed by atoms with van der Waals surface area (Å²) in [4.78, 5) is 34.3. The molecule has 0 atom stereocenters. The summed E-state index contributed by atoms with van der Waals surface area (Å²) in [6, 6.07) is 10.4. The Bertz CT molecular complexity index is 928. The fourth-order valence-electron chi connectivity index (χ4n) is 2.16. The van der Waals surface area contributed by atoms with Crippen molar-refractivity contribution in [3.05, 3.63) is 63.2 Å². The van der Waals surface area contributed by atoms with Crippen LogP contribution in [0.3, 0.4) is 0 Å². The van der Waals surface area contributed by atoms with E-state index in [0.29, 0.717) is 17.0 Å². The number of nitro groups is 1. The van der Waals surface area contributed by atoms with Gasteiger partial charge in [-0.1, -0.05) is 11.6 Å². The summed E-state index contributed by atoms with van der Waals surface area (Å²) in [7, 11) is 1.52. The van der Waals surface area contributed by atoms with Gasteiger partial charge < -0.3 is 10.1 Å². The number of nitrogens with one attached hydrogen (secondary N) is 2. The molecule has 0 unspecified atom stereocenters. The number of hydrazone groups is 1. The number of anilines is 1. The maximum atomic E-state index is 12.1. The topological polar surface area (TPSA) is 123 Å². The Kier molecular flexibility index (Phi) is 7.05. The van der Waals surface area contributed by atoms with Gasteiger partial charge >= 0.3 is 0 Å². The Morgan fingerprint density at radius 1 is 1.21 bits per heavy atom. The Labute approximate surface area is 165 Å². The number of nitro benzene ring substituents is 1. The predicted octanol–water partition coefficient (Wildman–Crippen LogP) is 3.39. The summed E-state index contributed by atoms with van der Waals surface area (Å²) in [5.41, 5.74) is 3.02. The fraction of sp³-hybridized carbons (Fsp3) is 0.167. The lowest BCUT2D eigenvalue weighted by Crippen LogP contribution is -2.21. The SMILES string of the molecule is COc1ccc(C(=O)NN=C(C)CC(=O)Nc2ccc(Cl)c([N+](=O)[O-])c2)cc1. The second-order valence-electron chi connectivity index (χ2n) is 5.66. The molecule has 2 aromatic rings. The van der Waals surface area contributed by atoms with Crippen molar-refractivity contribution in [2.45, 2.75) is 13.3 Å². The number of halogens is 1. The molecule has 0 saturated carbocycles. The van der Waals surface area contributed by atoms with Crippen LogP contribution in [0.5, 0.6) is 5.75 Å². The third kappa shape index (κ3) is 5.78. The molecule has 9 nitrogen and oxygen atoms in total. The highest BCUT2D eigenvalue weighted by Crippen LogP contribution is 2.27. The van der Waals surface area contributed by atoms with E-state index in [2.05, 4.69) is 15.8 Å². The van der Waals surface area contributed by atoms with Gasteiger partial charge in [0, 0.05) is 23.0 Å². The minimum Gasteiger partial charge on any atom is -0.497 e. The quantitative estimate of drug-likeness (QED) is 0.416. The monoisotopic (exact) mass is 404 g/mol. The second kappa shape index (κ2) is 9.47. The number of carbonyl (C=O) groups excluding carboxylic acids is 2. The van der Waals surface area contributed by atoms with Gasteiger partial charge in [-0.2, -0.15) is 5.10 Å². The number of rotatable bonds is 7. The predicted molar refractivity (Wildman–Crippen MR) is 105 cm³/mol. The summed E-state index contributed by atoms with van der Waals surface area (Å²) in [6.45, 7) is 1.57. The van der Waals surface area contributed by atoms with E-state index < -0.39 is 16.7 Å². The first kappa shape index (κ1) is 20.8. The average molecular weight is 405 g/mol. The molecule has 10 heteroatoms. The number of methoxy groups -OCH3 is 1. The molecule has 0 aliphatic carbocycles. The smallest absolute Gasteiger partial charge is 0.289 e. The third-order valence-corrected chi connectivity index (χ3v) is 3.86. The fourth-order valence-corrected chi connectivity index (χ4v) is 2.35. The normalized spacial score (nSPS) is 10.9. The van der Waals surface area contributed by atoms with Crippen LogP contribution < -0.4 is 15.5 Å². The number of hydrogen-bond acceptors (Lipinski definition) is 6. The molecule has 28 heavy (non-hydrogen) atoms. The van der Waals surface area contributed by atoms with Gasteiger partial charge in [0.25, 0.3) is 11.6 Å². The van der Waals surface area contributed by atoms with E-state index in [0.717, 1.165) is 6.07 Å². The van der Waals surface area contributed by atoms with Crippen LogP contribution in [0.1, 0.15) is 23.7 Å². The summed E-state index contributed by atoms with van der Waals surface area (Å²) in [5, 5.41) is 17.3. The largest absolute Gasteiger partial charge is 0.497 e. The van der Waals surface area contributed by atoms with Crippen molar-refractivity contribution in [3.8, 4) is 5.75 Å². The van der Waals surface area contributed by atoms with Gasteiger partial charge in [-0.3, -0.25) is 19.7 Å². The van der Waals surface area contributed by atoms with E-state index in [9.17, 15) is 19.7 Å². The third-order valence-electron chi connectivity index (χ3n) is 3.54. The lowest BCUT2D eigenvalue weighted by molar-refractivity contribution is -0.384. The molecular weight excluding hydrogens is 388 g/mol. The standard InChI is InChI=1S/C18H17ClN4O5/c1-11(21-22-18(25)12-3-6-14(28-2)7-4-12)9-17(24)20-13-5-8-15(19)16(10-13)23(26)27/h3-8,10H,9H2,1-2H3,(H,20,24)(H,22,25).